The molecule has 0 aliphatic carbocycles. The van der Waals surface area contributed by atoms with Gasteiger partial charge in [-0.3, -0.25) is 0 Å². The Hall–Kier alpha value is -2.73. The van der Waals surface area contributed by atoms with Gasteiger partial charge in [0, 0.05) is 43.1 Å². The summed E-state index contributed by atoms with van der Waals surface area (Å²) in [7, 11) is 2.18. The first-order valence-electron chi connectivity index (χ1n) is 11.2. The van der Waals surface area contributed by atoms with Gasteiger partial charge in [0.2, 0.25) is 0 Å². The van der Waals surface area contributed by atoms with Crippen molar-refractivity contribution < 1.29 is 0 Å². The number of hydrogen-bond donors (Lipinski definition) is 1. The van der Waals surface area contributed by atoms with Crippen LogP contribution < -0.4 is 10.2 Å². The Bertz CT molecular complexity index is 1360. The van der Waals surface area contributed by atoms with Crippen LogP contribution in [0.5, 0.6) is 0 Å². The standard InChI is InChI=1S/C24H25N7S.ClH/c1-14-12-31-13-16(8-15(11-25)22(31)26-14)20-6-7-21-23(28-20)32-24(29-21)30(2)19-9-17-4-3-5-18(10-19)27-17;/h6-8,12-13,17-19,27H,3-5,9-10H2,1-2H3;1H/t17-,18+,19?;. The van der Waals surface area contributed by atoms with E-state index >= 15 is 0 Å². The van der Waals surface area contributed by atoms with Crippen molar-refractivity contribution in [1.82, 2.24) is 24.7 Å². The van der Waals surface area contributed by atoms with Crippen LogP contribution in [0.2, 0.25) is 0 Å². The van der Waals surface area contributed by atoms with Gasteiger partial charge in [-0.25, -0.2) is 15.0 Å². The van der Waals surface area contributed by atoms with Gasteiger partial charge in [0.05, 0.1) is 17.0 Å². The molecule has 0 spiro atoms. The van der Waals surface area contributed by atoms with Gasteiger partial charge in [-0.1, -0.05) is 17.8 Å². The van der Waals surface area contributed by atoms with Gasteiger partial charge in [-0.05, 0) is 50.8 Å². The van der Waals surface area contributed by atoms with Crippen LogP contribution in [-0.2, 0) is 0 Å². The van der Waals surface area contributed by atoms with Gasteiger partial charge in [0.1, 0.15) is 16.4 Å². The van der Waals surface area contributed by atoms with E-state index in [1.807, 2.05) is 41.9 Å². The summed E-state index contributed by atoms with van der Waals surface area (Å²) in [6.07, 6.45) is 10.2. The highest BCUT2D eigenvalue weighted by Gasteiger charge is 2.33. The van der Waals surface area contributed by atoms with Gasteiger partial charge < -0.3 is 14.6 Å². The summed E-state index contributed by atoms with van der Waals surface area (Å²) < 4.78 is 1.91. The smallest absolute Gasteiger partial charge is 0.187 e. The Morgan fingerprint density at radius 1 is 1.15 bits per heavy atom. The molecule has 2 saturated heterocycles. The number of nitriles is 1. The molecule has 0 amide bonds. The Morgan fingerprint density at radius 3 is 2.70 bits per heavy atom. The number of imidazole rings is 1. The van der Waals surface area contributed by atoms with Crippen molar-refractivity contribution in [2.45, 2.75) is 57.2 Å². The number of aryl methyl sites for hydroxylation is 1. The van der Waals surface area contributed by atoms with E-state index in [9.17, 15) is 5.26 Å². The molecule has 4 aromatic rings. The zero-order chi connectivity index (χ0) is 21.8. The number of hydrogen-bond acceptors (Lipinski definition) is 7. The Balaban J connectivity index is 0.00000228. The summed E-state index contributed by atoms with van der Waals surface area (Å²) in [4.78, 5) is 17.6. The van der Waals surface area contributed by atoms with Gasteiger partial charge in [0.15, 0.2) is 10.8 Å². The topological polar surface area (TPSA) is 82.1 Å². The minimum atomic E-state index is 0. The maximum atomic E-state index is 9.59. The number of nitrogens with zero attached hydrogens (tertiary/aromatic N) is 6. The third kappa shape index (κ3) is 3.95. The predicted octanol–water partition coefficient (Wildman–Crippen LogP) is 4.72. The zero-order valence-electron chi connectivity index (χ0n) is 18.7. The molecule has 2 bridgehead atoms. The largest absolute Gasteiger partial charge is 0.348 e. The second-order valence-electron chi connectivity index (χ2n) is 9.11. The second-order valence-corrected chi connectivity index (χ2v) is 10.1. The van der Waals surface area contributed by atoms with Crippen LogP contribution >= 0.6 is 23.7 Å². The fourth-order valence-corrected chi connectivity index (χ4v) is 6.24. The average molecular weight is 480 g/mol. The maximum absolute atomic E-state index is 9.59. The molecular weight excluding hydrogens is 454 g/mol. The van der Waals surface area contributed by atoms with Gasteiger partial charge in [-0.15, -0.1) is 12.4 Å². The molecule has 2 aliphatic rings. The number of piperidine rings is 2. The van der Waals surface area contributed by atoms with Crippen LogP contribution in [0.15, 0.2) is 30.6 Å². The summed E-state index contributed by atoms with van der Waals surface area (Å²) in [5, 5.41) is 14.4. The highest BCUT2D eigenvalue weighted by Crippen LogP contribution is 2.34. The molecule has 4 aromatic heterocycles. The quantitative estimate of drug-likeness (QED) is 0.458. The molecule has 0 aromatic carbocycles. The number of thiazole rings is 1. The van der Waals surface area contributed by atoms with Crippen LogP contribution in [-0.4, -0.2) is 44.5 Å². The zero-order valence-corrected chi connectivity index (χ0v) is 20.3. The maximum Gasteiger partial charge on any atom is 0.187 e. The minimum Gasteiger partial charge on any atom is -0.348 e. The van der Waals surface area contributed by atoms with Crippen molar-refractivity contribution in [3.05, 3.63) is 41.9 Å². The van der Waals surface area contributed by atoms with Crippen molar-refractivity contribution in [2.24, 2.45) is 0 Å². The van der Waals surface area contributed by atoms with Gasteiger partial charge >= 0.3 is 0 Å². The van der Waals surface area contributed by atoms with E-state index in [2.05, 4.69) is 28.3 Å². The number of anilines is 1. The molecule has 33 heavy (non-hydrogen) atoms. The third-order valence-electron chi connectivity index (χ3n) is 6.87. The first-order valence-corrected chi connectivity index (χ1v) is 12.1. The second kappa shape index (κ2) is 8.56. The number of pyridine rings is 2. The van der Waals surface area contributed by atoms with Crippen molar-refractivity contribution in [2.75, 3.05) is 11.9 Å². The molecule has 0 radical (unpaired) electrons. The Labute approximate surface area is 202 Å². The molecule has 170 valence electrons. The first-order chi connectivity index (χ1) is 15.6. The molecular formula is C24H26ClN7S. The lowest BCUT2D eigenvalue weighted by atomic mass is 9.83. The lowest BCUT2D eigenvalue weighted by Crippen LogP contribution is -2.54. The summed E-state index contributed by atoms with van der Waals surface area (Å²) in [5.41, 5.74) is 4.80. The lowest BCUT2D eigenvalue weighted by Gasteiger charge is -2.43. The Morgan fingerprint density at radius 2 is 1.94 bits per heavy atom. The summed E-state index contributed by atoms with van der Waals surface area (Å²) in [6.45, 7) is 1.93. The normalized spacial score (nSPS) is 22.2. The SMILES string of the molecule is Cc1cn2cc(-c3ccc4nc(N(C)C5C[C@H]6CCC[C@@H](C5)N6)sc4n3)cc(C#N)c2n1.Cl. The van der Waals surface area contributed by atoms with E-state index < -0.39 is 0 Å². The molecule has 1 unspecified atom stereocenters. The summed E-state index contributed by atoms with van der Waals surface area (Å²) >= 11 is 1.65. The number of rotatable bonds is 3. The van der Waals surface area contributed by atoms with Crippen molar-refractivity contribution in [3.8, 4) is 17.3 Å². The van der Waals surface area contributed by atoms with E-state index in [4.69, 9.17) is 9.97 Å². The highest BCUT2D eigenvalue weighted by atomic mass is 35.5. The van der Waals surface area contributed by atoms with Crippen LogP contribution in [0.3, 0.4) is 0 Å². The lowest BCUT2D eigenvalue weighted by molar-refractivity contribution is 0.219. The van der Waals surface area contributed by atoms with Crippen LogP contribution in [0.25, 0.3) is 27.3 Å². The average Bonchev–Trinajstić information content (AvgIpc) is 3.39. The number of nitrogens with one attached hydrogen (secondary N) is 1. The number of fused-ring (bicyclic) bond motifs is 4. The predicted molar refractivity (Wildman–Crippen MR) is 134 cm³/mol. The highest BCUT2D eigenvalue weighted by molar-refractivity contribution is 7.21. The monoisotopic (exact) mass is 479 g/mol. The molecule has 9 heteroatoms. The van der Waals surface area contributed by atoms with E-state index in [-0.39, 0.29) is 12.4 Å². The van der Waals surface area contributed by atoms with Crippen molar-refractivity contribution in [1.29, 1.82) is 5.26 Å². The molecule has 7 nitrogen and oxygen atoms in total. The number of halogens is 1. The third-order valence-corrected chi connectivity index (χ3v) is 7.93. The molecule has 0 saturated carbocycles. The van der Waals surface area contributed by atoms with E-state index in [1.54, 1.807) is 11.3 Å². The molecule has 2 fully saturated rings. The van der Waals surface area contributed by atoms with E-state index in [1.165, 1.54) is 32.1 Å². The van der Waals surface area contributed by atoms with Crippen molar-refractivity contribution >= 4 is 44.9 Å². The summed E-state index contributed by atoms with van der Waals surface area (Å²) in [5.74, 6) is 0. The molecule has 1 N–H and O–H groups in total. The first kappa shape index (κ1) is 22.1. The fraction of sp³-hybridized carbons (Fsp3) is 0.417. The van der Waals surface area contributed by atoms with Gasteiger partial charge in [-0.2, -0.15) is 5.26 Å². The fourth-order valence-electron chi connectivity index (χ4n) is 5.27. The van der Waals surface area contributed by atoms with Crippen molar-refractivity contribution in [3.63, 3.8) is 0 Å². The van der Waals surface area contributed by atoms with Crippen LogP contribution in [0.1, 0.15) is 43.4 Å². The molecule has 3 atom stereocenters. The van der Waals surface area contributed by atoms with Crippen LogP contribution in [0, 0.1) is 18.3 Å². The van der Waals surface area contributed by atoms with Gasteiger partial charge in [0.25, 0.3) is 0 Å². The van der Waals surface area contributed by atoms with E-state index in [0.717, 1.165) is 32.4 Å². The molecule has 6 rings (SSSR count). The molecule has 2 aliphatic heterocycles. The molecule has 6 heterocycles. The summed E-state index contributed by atoms with van der Waals surface area (Å²) in [6, 6.07) is 9.99. The number of aromatic nitrogens is 4. The van der Waals surface area contributed by atoms with E-state index in [0.29, 0.717) is 29.3 Å². The van der Waals surface area contributed by atoms with Crippen LogP contribution in [0.4, 0.5) is 5.13 Å². The Kier molecular flexibility index (Phi) is 5.73. The minimum absolute atomic E-state index is 0.